The number of sulfonamides is 1. The minimum absolute atomic E-state index is 0.108. The molecule has 0 radical (unpaired) electrons. The van der Waals surface area contributed by atoms with Crippen molar-refractivity contribution in [2.75, 3.05) is 19.6 Å². The Hall–Kier alpha value is -2.03. The summed E-state index contributed by atoms with van der Waals surface area (Å²) in [5.41, 5.74) is 0.0657. The first-order chi connectivity index (χ1) is 13.4. The lowest BCUT2D eigenvalue weighted by Gasteiger charge is -2.44. The SMILES string of the molecule is CCCN1C(=O)[C@H](C)NC12CCN(S(=O)(=O)c1cccc3cccnc13)CC2. The van der Waals surface area contributed by atoms with Gasteiger partial charge < -0.3 is 4.90 Å². The maximum Gasteiger partial charge on any atom is 0.245 e. The van der Waals surface area contributed by atoms with Crippen LogP contribution in [0.4, 0.5) is 0 Å². The third-order valence-electron chi connectivity index (χ3n) is 5.85. The van der Waals surface area contributed by atoms with Gasteiger partial charge in [-0.15, -0.1) is 0 Å². The number of aromatic nitrogens is 1. The van der Waals surface area contributed by atoms with E-state index >= 15 is 0 Å². The van der Waals surface area contributed by atoms with Crippen molar-refractivity contribution in [2.45, 2.75) is 49.7 Å². The molecule has 1 aromatic carbocycles. The molecule has 1 amide bonds. The maximum absolute atomic E-state index is 13.3. The second-order valence-electron chi connectivity index (χ2n) is 7.62. The molecule has 0 unspecified atom stereocenters. The Morgan fingerprint density at radius 3 is 2.64 bits per heavy atom. The summed E-state index contributed by atoms with van der Waals surface area (Å²) in [5, 5.41) is 4.25. The molecule has 7 nitrogen and oxygen atoms in total. The van der Waals surface area contributed by atoms with E-state index in [1.165, 1.54) is 4.31 Å². The molecule has 1 atom stereocenters. The molecule has 150 valence electrons. The summed E-state index contributed by atoms with van der Waals surface area (Å²) in [6, 6.07) is 8.68. The Labute approximate surface area is 165 Å². The summed E-state index contributed by atoms with van der Waals surface area (Å²) >= 11 is 0. The number of nitrogens with one attached hydrogen (secondary N) is 1. The van der Waals surface area contributed by atoms with E-state index in [0.717, 1.165) is 11.8 Å². The largest absolute Gasteiger partial charge is 0.323 e. The highest BCUT2D eigenvalue weighted by Gasteiger charge is 2.50. The molecule has 0 aliphatic carbocycles. The monoisotopic (exact) mass is 402 g/mol. The van der Waals surface area contributed by atoms with E-state index in [9.17, 15) is 13.2 Å². The summed E-state index contributed by atoms with van der Waals surface area (Å²) in [6.07, 6.45) is 3.66. The first kappa shape index (κ1) is 19.3. The van der Waals surface area contributed by atoms with Crippen molar-refractivity contribution in [3.63, 3.8) is 0 Å². The van der Waals surface area contributed by atoms with Crippen LogP contribution in [0, 0.1) is 0 Å². The number of carbonyl (C=O) groups excluding carboxylic acids is 1. The fraction of sp³-hybridized carbons (Fsp3) is 0.500. The average molecular weight is 403 g/mol. The van der Waals surface area contributed by atoms with Gasteiger partial charge in [-0.05, 0) is 38.3 Å². The molecule has 1 N–H and O–H groups in total. The Morgan fingerprint density at radius 1 is 1.21 bits per heavy atom. The van der Waals surface area contributed by atoms with Crippen LogP contribution in [0.2, 0.25) is 0 Å². The van der Waals surface area contributed by atoms with Crippen LogP contribution in [0.3, 0.4) is 0 Å². The van der Waals surface area contributed by atoms with Gasteiger partial charge in [-0.3, -0.25) is 15.1 Å². The molecule has 4 rings (SSSR count). The van der Waals surface area contributed by atoms with Crippen molar-refractivity contribution >= 4 is 26.8 Å². The van der Waals surface area contributed by atoms with E-state index in [4.69, 9.17) is 0 Å². The van der Waals surface area contributed by atoms with Crippen LogP contribution in [0.5, 0.6) is 0 Å². The maximum atomic E-state index is 13.3. The summed E-state index contributed by atoms with van der Waals surface area (Å²) in [5.74, 6) is 0.108. The molecule has 2 fully saturated rings. The number of benzene rings is 1. The quantitative estimate of drug-likeness (QED) is 0.845. The Kier molecular flexibility index (Phi) is 4.89. The summed E-state index contributed by atoms with van der Waals surface area (Å²) in [4.78, 5) is 19.0. The fourth-order valence-electron chi connectivity index (χ4n) is 4.47. The van der Waals surface area contributed by atoms with Crippen molar-refractivity contribution in [3.8, 4) is 0 Å². The molecular formula is C20H26N4O3S. The number of nitrogens with zero attached hydrogens (tertiary/aromatic N) is 3. The lowest BCUT2D eigenvalue weighted by Crippen LogP contribution is -2.59. The number of fused-ring (bicyclic) bond motifs is 1. The topological polar surface area (TPSA) is 82.6 Å². The predicted octanol–water partition coefficient (Wildman–Crippen LogP) is 1.95. The van der Waals surface area contributed by atoms with Crippen molar-refractivity contribution in [2.24, 2.45) is 0 Å². The standard InChI is InChI=1S/C20H26N4O3S/c1-3-12-24-19(25)15(2)22-20(24)9-13-23(14-10-20)28(26,27)17-8-4-6-16-7-5-11-21-18(16)17/h4-8,11,15,22H,3,9-10,12-14H2,1-2H3/t15-/m0/s1. The summed E-state index contributed by atoms with van der Waals surface area (Å²) < 4.78 is 28.2. The summed E-state index contributed by atoms with van der Waals surface area (Å²) in [7, 11) is -3.65. The zero-order chi connectivity index (χ0) is 19.9. The van der Waals surface area contributed by atoms with Crippen LogP contribution in [0.25, 0.3) is 10.9 Å². The van der Waals surface area contributed by atoms with Crippen LogP contribution in [-0.4, -0.2) is 59.9 Å². The number of pyridine rings is 1. The van der Waals surface area contributed by atoms with Gasteiger partial charge in [0.15, 0.2) is 0 Å². The van der Waals surface area contributed by atoms with Crippen LogP contribution in [0.1, 0.15) is 33.1 Å². The van der Waals surface area contributed by atoms with Crippen molar-refractivity contribution in [3.05, 3.63) is 36.5 Å². The zero-order valence-corrected chi connectivity index (χ0v) is 17.1. The number of hydrogen-bond donors (Lipinski definition) is 1. The normalized spacial score (nSPS) is 23.0. The van der Waals surface area contributed by atoms with E-state index in [1.54, 1.807) is 24.4 Å². The third kappa shape index (κ3) is 3.00. The molecule has 1 aromatic heterocycles. The molecular weight excluding hydrogens is 376 g/mol. The molecule has 28 heavy (non-hydrogen) atoms. The molecule has 8 heteroatoms. The average Bonchev–Trinajstić information content (AvgIpc) is 2.92. The minimum Gasteiger partial charge on any atom is -0.323 e. The Morgan fingerprint density at radius 2 is 1.93 bits per heavy atom. The number of piperidine rings is 1. The van der Waals surface area contributed by atoms with E-state index in [0.29, 0.717) is 38.0 Å². The van der Waals surface area contributed by atoms with E-state index in [-0.39, 0.29) is 16.8 Å². The van der Waals surface area contributed by atoms with E-state index in [1.807, 2.05) is 24.0 Å². The molecule has 2 saturated heterocycles. The third-order valence-corrected chi connectivity index (χ3v) is 7.78. The molecule has 1 spiro atoms. The Balaban J connectivity index is 1.60. The number of hydrogen-bond acceptors (Lipinski definition) is 5. The van der Waals surface area contributed by atoms with Gasteiger partial charge in [0.2, 0.25) is 15.9 Å². The fourth-order valence-corrected chi connectivity index (χ4v) is 6.08. The van der Waals surface area contributed by atoms with Gasteiger partial charge >= 0.3 is 0 Å². The summed E-state index contributed by atoms with van der Waals surface area (Å²) in [6.45, 7) is 5.37. The van der Waals surface area contributed by atoms with Gasteiger partial charge in [-0.25, -0.2) is 8.42 Å². The second kappa shape index (κ2) is 7.09. The predicted molar refractivity (Wildman–Crippen MR) is 107 cm³/mol. The number of carbonyl (C=O) groups is 1. The van der Waals surface area contributed by atoms with Gasteiger partial charge in [0.05, 0.1) is 17.2 Å². The lowest BCUT2D eigenvalue weighted by molar-refractivity contribution is -0.133. The van der Waals surface area contributed by atoms with Crippen LogP contribution in [0.15, 0.2) is 41.4 Å². The van der Waals surface area contributed by atoms with E-state index < -0.39 is 15.7 Å². The molecule has 2 aromatic rings. The van der Waals surface area contributed by atoms with Crippen molar-refractivity contribution in [1.82, 2.24) is 19.5 Å². The van der Waals surface area contributed by atoms with Gasteiger partial charge in [0.1, 0.15) is 4.90 Å². The van der Waals surface area contributed by atoms with Gasteiger partial charge in [0.25, 0.3) is 0 Å². The molecule has 3 heterocycles. The van der Waals surface area contributed by atoms with Crippen LogP contribution in [-0.2, 0) is 14.8 Å². The number of para-hydroxylation sites is 1. The van der Waals surface area contributed by atoms with Gasteiger partial charge in [-0.1, -0.05) is 25.1 Å². The smallest absolute Gasteiger partial charge is 0.245 e. The first-order valence-corrected chi connectivity index (χ1v) is 11.3. The van der Waals surface area contributed by atoms with Gasteiger partial charge in [-0.2, -0.15) is 4.31 Å². The Bertz CT molecular complexity index is 994. The number of rotatable bonds is 4. The van der Waals surface area contributed by atoms with E-state index in [2.05, 4.69) is 17.2 Å². The second-order valence-corrected chi connectivity index (χ2v) is 9.53. The molecule has 0 bridgehead atoms. The molecule has 0 saturated carbocycles. The number of amides is 1. The first-order valence-electron chi connectivity index (χ1n) is 9.82. The zero-order valence-electron chi connectivity index (χ0n) is 16.3. The van der Waals surface area contributed by atoms with Gasteiger partial charge in [0, 0.05) is 31.2 Å². The highest BCUT2D eigenvalue weighted by atomic mass is 32.2. The van der Waals surface area contributed by atoms with Crippen molar-refractivity contribution < 1.29 is 13.2 Å². The minimum atomic E-state index is -3.65. The highest BCUT2D eigenvalue weighted by molar-refractivity contribution is 7.89. The highest BCUT2D eigenvalue weighted by Crippen LogP contribution is 2.35. The van der Waals surface area contributed by atoms with Crippen LogP contribution >= 0.6 is 0 Å². The molecule has 2 aliphatic heterocycles. The van der Waals surface area contributed by atoms with Crippen molar-refractivity contribution in [1.29, 1.82) is 0 Å². The molecule has 2 aliphatic rings. The van der Waals surface area contributed by atoms with Crippen LogP contribution < -0.4 is 5.32 Å². The lowest BCUT2D eigenvalue weighted by atomic mass is 9.97.